The van der Waals surface area contributed by atoms with Crippen molar-refractivity contribution in [3.63, 3.8) is 0 Å². The lowest BCUT2D eigenvalue weighted by Gasteiger charge is -2.04. The van der Waals surface area contributed by atoms with Gasteiger partial charge < -0.3 is 9.47 Å². The third-order valence-electron chi connectivity index (χ3n) is 2.19. The summed E-state index contributed by atoms with van der Waals surface area (Å²) in [5.41, 5.74) is 1.14. The maximum Gasteiger partial charge on any atom is 0.177 e. The molecule has 0 amide bonds. The molecule has 1 aromatic carbocycles. The average Bonchev–Trinajstić information content (AvgIpc) is 2.76. The van der Waals surface area contributed by atoms with E-state index in [1.807, 2.05) is 42.5 Å². The third kappa shape index (κ3) is 3.06. The van der Waals surface area contributed by atoms with Crippen molar-refractivity contribution in [2.75, 3.05) is 12.5 Å². The van der Waals surface area contributed by atoms with E-state index >= 15 is 0 Å². The second kappa shape index (κ2) is 5.31. The monoisotopic (exact) mass is 224 g/mol. The molecule has 2 atom stereocenters. The molecule has 1 fully saturated rings. The molecule has 0 aliphatic carbocycles. The summed E-state index contributed by atoms with van der Waals surface area (Å²) < 4.78 is 10.9. The zero-order chi connectivity index (χ0) is 10.5. The van der Waals surface area contributed by atoms with E-state index in [2.05, 4.69) is 0 Å². The third-order valence-corrected chi connectivity index (χ3v) is 2.53. The quantitative estimate of drug-likeness (QED) is 0.735. The van der Waals surface area contributed by atoms with Crippen LogP contribution in [0.25, 0.3) is 6.08 Å². The minimum Gasteiger partial charge on any atom is -0.346 e. The first-order chi connectivity index (χ1) is 7.38. The van der Waals surface area contributed by atoms with E-state index in [1.165, 1.54) is 0 Å². The van der Waals surface area contributed by atoms with Gasteiger partial charge in [-0.15, -0.1) is 11.6 Å². The number of hydrogen-bond acceptors (Lipinski definition) is 2. The molecule has 1 heterocycles. The Hall–Kier alpha value is -0.830. The van der Waals surface area contributed by atoms with Crippen LogP contribution in [0.3, 0.4) is 0 Å². The van der Waals surface area contributed by atoms with Crippen molar-refractivity contribution in [3.8, 4) is 0 Å². The van der Waals surface area contributed by atoms with E-state index in [-0.39, 0.29) is 12.4 Å². The van der Waals surface area contributed by atoms with Gasteiger partial charge in [0, 0.05) is 0 Å². The molecule has 15 heavy (non-hydrogen) atoms. The Morgan fingerprint density at radius 1 is 1.33 bits per heavy atom. The summed E-state index contributed by atoms with van der Waals surface area (Å²) >= 11 is 5.66. The van der Waals surface area contributed by atoms with E-state index in [0.717, 1.165) is 5.56 Å². The van der Waals surface area contributed by atoms with E-state index in [1.54, 1.807) is 0 Å². The van der Waals surface area contributed by atoms with Gasteiger partial charge in [0.15, 0.2) is 6.29 Å². The SMILES string of the molecule is ClC[C@@H]1CO[C@@H](/C=C\c2ccccc2)O1. The number of ether oxygens (including phenoxy) is 2. The molecular formula is C12H13ClO2. The van der Waals surface area contributed by atoms with Gasteiger partial charge in [0.1, 0.15) is 0 Å². The van der Waals surface area contributed by atoms with Crippen LogP contribution in [-0.2, 0) is 9.47 Å². The highest BCUT2D eigenvalue weighted by Crippen LogP contribution is 2.15. The van der Waals surface area contributed by atoms with Gasteiger partial charge in [0.2, 0.25) is 0 Å². The summed E-state index contributed by atoms with van der Waals surface area (Å²) in [4.78, 5) is 0. The standard InChI is InChI=1S/C12H13ClO2/c13-8-11-9-14-12(15-11)7-6-10-4-2-1-3-5-10/h1-7,11-12H,8-9H2/b7-6-/t11-,12-/m1/s1. The van der Waals surface area contributed by atoms with Gasteiger partial charge in [-0.05, 0) is 11.6 Å². The van der Waals surface area contributed by atoms with Crippen LogP contribution in [0.1, 0.15) is 5.56 Å². The highest BCUT2D eigenvalue weighted by Gasteiger charge is 2.22. The zero-order valence-corrected chi connectivity index (χ0v) is 9.06. The van der Waals surface area contributed by atoms with Crippen LogP contribution >= 0.6 is 11.6 Å². The van der Waals surface area contributed by atoms with Gasteiger partial charge in [-0.2, -0.15) is 0 Å². The number of rotatable bonds is 3. The molecule has 0 spiro atoms. The van der Waals surface area contributed by atoms with Crippen LogP contribution in [-0.4, -0.2) is 24.9 Å². The molecule has 0 saturated carbocycles. The predicted molar refractivity (Wildman–Crippen MR) is 60.8 cm³/mol. The van der Waals surface area contributed by atoms with Gasteiger partial charge in [0.05, 0.1) is 18.6 Å². The summed E-state index contributed by atoms with van der Waals surface area (Å²) in [7, 11) is 0. The highest BCUT2D eigenvalue weighted by molar-refractivity contribution is 6.18. The molecule has 0 unspecified atom stereocenters. The lowest BCUT2D eigenvalue weighted by atomic mass is 10.2. The Labute approximate surface area is 94.5 Å². The molecule has 0 aromatic heterocycles. The summed E-state index contributed by atoms with van der Waals surface area (Å²) in [6.07, 6.45) is 3.66. The molecule has 80 valence electrons. The van der Waals surface area contributed by atoms with Crippen LogP contribution in [0.5, 0.6) is 0 Å². The molecule has 2 nitrogen and oxygen atoms in total. The second-order valence-electron chi connectivity index (χ2n) is 3.38. The molecular weight excluding hydrogens is 212 g/mol. The molecule has 1 aliphatic heterocycles. The predicted octanol–water partition coefficient (Wildman–Crippen LogP) is 2.68. The fourth-order valence-electron chi connectivity index (χ4n) is 1.41. The van der Waals surface area contributed by atoms with E-state index in [9.17, 15) is 0 Å². The first-order valence-electron chi connectivity index (χ1n) is 4.95. The number of alkyl halides is 1. The smallest absolute Gasteiger partial charge is 0.177 e. The Balaban J connectivity index is 1.90. The Morgan fingerprint density at radius 2 is 2.13 bits per heavy atom. The second-order valence-corrected chi connectivity index (χ2v) is 3.69. The van der Waals surface area contributed by atoms with Crippen LogP contribution in [0.4, 0.5) is 0 Å². The van der Waals surface area contributed by atoms with Crippen molar-refractivity contribution in [1.82, 2.24) is 0 Å². The lowest BCUT2D eigenvalue weighted by molar-refractivity contribution is -0.0149. The number of benzene rings is 1. The van der Waals surface area contributed by atoms with Crippen molar-refractivity contribution in [3.05, 3.63) is 42.0 Å². The van der Waals surface area contributed by atoms with E-state index in [0.29, 0.717) is 12.5 Å². The summed E-state index contributed by atoms with van der Waals surface area (Å²) in [6, 6.07) is 10.0. The molecule has 1 aliphatic rings. The molecule has 0 radical (unpaired) electrons. The molecule has 3 heteroatoms. The Kier molecular flexibility index (Phi) is 3.78. The minimum absolute atomic E-state index is 0.0251. The molecule has 2 rings (SSSR count). The largest absolute Gasteiger partial charge is 0.346 e. The van der Waals surface area contributed by atoms with Crippen molar-refractivity contribution in [2.45, 2.75) is 12.4 Å². The summed E-state index contributed by atoms with van der Waals surface area (Å²) in [5, 5.41) is 0. The maximum atomic E-state index is 5.66. The highest BCUT2D eigenvalue weighted by atomic mass is 35.5. The maximum absolute atomic E-state index is 5.66. The fourth-order valence-corrected chi connectivity index (χ4v) is 1.57. The molecule has 1 saturated heterocycles. The van der Waals surface area contributed by atoms with Gasteiger partial charge >= 0.3 is 0 Å². The number of hydrogen-bond donors (Lipinski definition) is 0. The Bertz CT molecular complexity index is 324. The van der Waals surface area contributed by atoms with Crippen molar-refractivity contribution in [1.29, 1.82) is 0 Å². The number of halogens is 1. The van der Waals surface area contributed by atoms with Crippen LogP contribution < -0.4 is 0 Å². The van der Waals surface area contributed by atoms with Gasteiger partial charge in [-0.3, -0.25) is 0 Å². The summed E-state index contributed by atoms with van der Waals surface area (Å²) in [6.45, 7) is 0.577. The minimum atomic E-state index is -0.256. The van der Waals surface area contributed by atoms with Crippen LogP contribution in [0.2, 0.25) is 0 Å². The van der Waals surface area contributed by atoms with Gasteiger partial charge in [0.25, 0.3) is 0 Å². The van der Waals surface area contributed by atoms with Crippen molar-refractivity contribution in [2.24, 2.45) is 0 Å². The fraction of sp³-hybridized carbons (Fsp3) is 0.333. The Morgan fingerprint density at radius 3 is 2.80 bits per heavy atom. The van der Waals surface area contributed by atoms with Crippen molar-refractivity contribution < 1.29 is 9.47 Å². The van der Waals surface area contributed by atoms with Gasteiger partial charge in [-0.25, -0.2) is 0 Å². The zero-order valence-electron chi connectivity index (χ0n) is 8.30. The summed E-state index contributed by atoms with van der Waals surface area (Å²) in [5.74, 6) is 0.482. The van der Waals surface area contributed by atoms with Gasteiger partial charge in [-0.1, -0.05) is 36.4 Å². The molecule has 0 N–H and O–H groups in total. The van der Waals surface area contributed by atoms with E-state index < -0.39 is 0 Å². The first kappa shape index (κ1) is 10.7. The molecule has 1 aromatic rings. The average molecular weight is 225 g/mol. The lowest BCUT2D eigenvalue weighted by Crippen LogP contribution is -2.12. The normalized spacial score (nSPS) is 26.2. The van der Waals surface area contributed by atoms with Crippen LogP contribution in [0, 0.1) is 0 Å². The molecule has 0 bridgehead atoms. The van der Waals surface area contributed by atoms with Crippen molar-refractivity contribution >= 4 is 17.7 Å². The first-order valence-corrected chi connectivity index (χ1v) is 5.48. The van der Waals surface area contributed by atoms with Crippen LogP contribution in [0.15, 0.2) is 36.4 Å². The van der Waals surface area contributed by atoms with E-state index in [4.69, 9.17) is 21.1 Å². The topological polar surface area (TPSA) is 18.5 Å².